The van der Waals surface area contributed by atoms with E-state index in [0.717, 1.165) is 25.4 Å². The Morgan fingerprint density at radius 1 is 1.31 bits per heavy atom. The summed E-state index contributed by atoms with van der Waals surface area (Å²) >= 11 is 0. The maximum absolute atomic E-state index is 9.51. The Morgan fingerprint density at radius 3 is 3.00 bits per heavy atom. The van der Waals surface area contributed by atoms with Crippen molar-refractivity contribution < 1.29 is 5.11 Å². The highest BCUT2D eigenvalue weighted by molar-refractivity contribution is 4.93. The number of hydrogen-bond donors (Lipinski definition) is 2. The molecule has 0 spiro atoms. The molecule has 3 atom stereocenters. The fourth-order valence-electron chi connectivity index (χ4n) is 3.12. The van der Waals surface area contributed by atoms with Crippen LogP contribution in [0.3, 0.4) is 0 Å². The molecule has 0 aromatic carbocycles. The van der Waals surface area contributed by atoms with Crippen LogP contribution in [0, 0.1) is 0 Å². The van der Waals surface area contributed by atoms with Gasteiger partial charge < -0.3 is 10.4 Å². The summed E-state index contributed by atoms with van der Waals surface area (Å²) in [7, 11) is 0. The molecule has 3 unspecified atom stereocenters. The van der Waals surface area contributed by atoms with Crippen molar-refractivity contribution in [2.24, 2.45) is 0 Å². The number of aliphatic hydroxyl groups is 1. The van der Waals surface area contributed by atoms with Crippen molar-refractivity contribution in [3.05, 3.63) is 0 Å². The predicted octanol–water partition coefficient (Wildman–Crippen LogP) is 1.36. The van der Waals surface area contributed by atoms with Crippen LogP contribution in [0.15, 0.2) is 0 Å². The van der Waals surface area contributed by atoms with Crippen LogP contribution in [0.5, 0.6) is 0 Å². The number of piperidine rings is 1. The van der Waals surface area contributed by atoms with E-state index in [1.165, 1.54) is 38.8 Å². The zero-order chi connectivity index (χ0) is 11.4. The van der Waals surface area contributed by atoms with E-state index >= 15 is 0 Å². The SMILES string of the molecule is CCC(O)CCNC1CCN2CCCCC12. The van der Waals surface area contributed by atoms with Crippen molar-refractivity contribution in [1.82, 2.24) is 10.2 Å². The Bertz CT molecular complexity index is 210. The molecule has 3 heteroatoms. The van der Waals surface area contributed by atoms with E-state index in [1.807, 2.05) is 6.92 Å². The largest absolute Gasteiger partial charge is 0.393 e. The van der Waals surface area contributed by atoms with Gasteiger partial charge in [-0.2, -0.15) is 0 Å². The van der Waals surface area contributed by atoms with Crippen LogP contribution in [0.1, 0.15) is 45.4 Å². The molecular weight excluding hydrogens is 200 g/mol. The van der Waals surface area contributed by atoms with Gasteiger partial charge in [-0.1, -0.05) is 13.3 Å². The maximum atomic E-state index is 9.51. The first-order valence-corrected chi connectivity index (χ1v) is 6.96. The summed E-state index contributed by atoms with van der Waals surface area (Å²) in [6, 6.07) is 1.47. The van der Waals surface area contributed by atoms with E-state index < -0.39 is 0 Å². The fourth-order valence-corrected chi connectivity index (χ4v) is 3.12. The quantitative estimate of drug-likeness (QED) is 0.743. The lowest BCUT2D eigenvalue weighted by Crippen LogP contribution is -2.45. The molecule has 2 heterocycles. The lowest BCUT2D eigenvalue weighted by Gasteiger charge is -2.32. The standard InChI is InChI=1S/C13H26N2O/c1-2-11(16)6-8-14-12-7-10-15-9-4-3-5-13(12)15/h11-14,16H,2-10H2,1H3. The predicted molar refractivity (Wildman–Crippen MR) is 66.5 cm³/mol. The lowest BCUT2D eigenvalue weighted by molar-refractivity contribution is 0.152. The Kier molecular flexibility index (Phi) is 4.62. The normalized spacial score (nSPS) is 32.6. The van der Waals surface area contributed by atoms with Gasteiger partial charge in [-0.25, -0.2) is 0 Å². The first kappa shape index (κ1) is 12.3. The third-order valence-electron chi connectivity index (χ3n) is 4.21. The van der Waals surface area contributed by atoms with Crippen LogP contribution in [0.4, 0.5) is 0 Å². The van der Waals surface area contributed by atoms with Gasteiger partial charge in [0.05, 0.1) is 6.10 Å². The third kappa shape index (κ3) is 2.96. The molecule has 2 saturated heterocycles. The van der Waals surface area contributed by atoms with Gasteiger partial charge >= 0.3 is 0 Å². The summed E-state index contributed by atoms with van der Waals surface area (Å²) in [4.78, 5) is 2.65. The Hall–Kier alpha value is -0.120. The molecule has 16 heavy (non-hydrogen) atoms. The molecule has 2 aliphatic rings. The molecule has 0 aromatic heterocycles. The average Bonchev–Trinajstić information content (AvgIpc) is 2.73. The lowest BCUT2D eigenvalue weighted by atomic mass is 9.99. The fraction of sp³-hybridized carbons (Fsp3) is 1.00. The molecule has 0 bridgehead atoms. The van der Waals surface area contributed by atoms with Gasteiger partial charge in [0.2, 0.25) is 0 Å². The molecule has 2 fully saturated rings. The zero-order valence-electron chi connectivity index (χ0n) is 10.5. The Labute approximate surface area is 99.2 Å². The number of nitrogens with zero attached hydrogens (tertiary/aromatic N) is 1. The summed E-state index contributed by atoms with van der Waals surface area (Å²) in [5.74, 6) is 0. The van der Waals surface area contributed by atoms with Crippen LogP contribution in [0.25, 0.3) is 0 Å². The highest BCUT2D eigenvalue weighted by Crippen LogP contribution is 2.26. The maximum Gasteiger partial charge on any atom is 0.0549 e. The summed E-state index contributed by atoms with van der Waals surface area (Å²) in [6.07, 6.45) is 7.12. The van der Waals surface area contributed by atoms with Gasteiger partial charge in [-0.3, -0.25) is 4.90 Å². The van der Waals surface area contributed by atoms with E-state index in [0.29, 0.717) is 6.04 Å². The van der Waals surface area contributed by atoms with Crippen molar-refractivity contribution >= 4 is 0 Å². The van der Waals surface area contributed by atoms with Crippen molar-refractivity contribution in [3.8, 4) is 0 Å². The molecule has 0 aliphatic carbocycles. The smallest absolute Gasteiger partial charge is 0.0549 e. The van der Waals surface area contributed by atoms with Crippen LogP contribution in [-0.2, 0) is 0 Å². The molecular formula is C13H26N2O. The van der Waals surface area contributed by atoms with Crippen LogP contribution < -0.4 is 5.32 Å². The van der Waals surface area contributed by atoms with Crippen molar-refractivity contribution in [3.63, 3.8) is 0 Å². The molecule has 2 rings (SSSR count). The second-order valence-electron chi connectivity index (χ2n) is 5.30. The van der Waals surface area contributed by atoms with E-state index in [-0.39, 0.29) is 6.10 Å². The molecule has 0 aromatic rings. The monoisotopic (exact) mass is 226 g/mol. The number of rotatable bonds is 5. The van der Waals surface area contributed by atoms with Gasteiger partial charge in [0.1, 0.15) is 0 Å². The molecule has 0 radical (unpaired) electrons. The van der Waals surface area contributed by atoms with E-state index in [9.17, 15) is 5.11 Å². The number of fused-ring (bicyclic) bond motifs is 1. The van der Waals surface area contributed by atoms with E-state index in [1.54, 1.807) is 0 Å². The van der Waals surface area contributed by atoms with Gasteiger partial charge in [-0.05, 0) is 45.2 Å². The van der Waals surface area contributed by atoms with E-state index in [4.69, 9.17) is 0 Å². The number of aliphatic hydroxyl groups excluding tert-OH is 1. The van der Waals surface area contributed by atoms with Crippen LogP contribution in [-0.4, -0.2) is 47.8 Å². The van der Waals surface area contributed by atoms with E-state index in [2.05, 4.69) is 10.2 Å². The minimum absolute atomic E-state index is 0.114. The van der Waals surface area contributed by atoms with Gasteiger partial charge in [0, 0.05) is 18.6 Å². The molecule has 0 amide bonds. The molecule has 0 saturated carbocycles. The Morgan fingerprint density at radius 2 is 2.19 bits per heavy atom. The van der Waals surface area contributed by atoms with Gasteiger partial charge in [0.25, 0.3) is 0 Å². The number of hydrogen-bond acceptors (Lipinski definition) is 3. The summed E-state index contributed by atoms with van der Waals surface area (Å²) in [6.45, 7) is 5.60. The van der Waals surface area contributed by atoms with Crippen molar-refractivity contribution in [2.75, 3.05) is 19.6 Å². The van der Waals surface area contributed by atoms with Crippen molar-refractivity contribution in [1.29, 1.82) is 0 Å². The minimum Gasteiger partial charge on any atom is -0.393 e. The number of nitrogens with one attached hydrogen (secondary N) is 1. The highest BCUT2D eigenvalue weighted by Gasteiger charge is 2.34. The minimum atomic E-state index is -0.114. The summed E-state index contributed by atoms with van der Waals surface area (Å²) in [5, 5.41) is 13.2. The topological polar surface area (TPSA) is 35.5 Å². The first-order chi connectivity index (χ1) is 7.81. The summed E-state index contributed by atoms with van der Waals surface area (Å²) in [5.41, 5.74) is 0. The van der Waals surface area contributed by atoms with Crippen LogP contribution >= 0.6 is 0 Å². The zero-order valence-corrected chi connectivity index (χ0v) is 10.5. The van der Waals surface area contributed by atoms with Gasteiger partial charge in [-0.15, -0.1) is 0 Å². The molecule has 3 nitrogen and oxygen atoms in total. The highest BCUT2D eigenvalue weighted by atomic mass is 16.3. The van der Waals surface area contributed by atoms with Crippen LogP contribution in [0.2, 0.25) is 0 Å². The Balaban J connectivity index is 1.69. The summed E-state index contributed by atoms with van der Waals surface area (Å²) < 4.78 is 0. The van der Waals surface area contributed by atoms with Gasteiger partial charge in [0.15, 0.2) is 0 Å². The third-order valence-corrected chi connectivity index (χ3v) is 4.21. The average molecular weight is 226 g/mol. The van der Waals surface area contributed by atoms with Crippen molar-refractivity contribution in [2.45, 2.75) is 63.6 Å². The first-order valence-electron chi connectivity index (χ1n) is 6.96. The second kappa shape index (κ2) is 5.99. The molecule has 2 N–H and O–H groups in total. The molecule has 2 aliphatic heterocycles. The molecule has 94 valence electrons. The second-order valence-corrected chi connectivity index (χ2v) is 5.30.